The lowest BCUT2D eigenvalue weighted by Crippen LogP contribution is -2.47. The fourth-order valence-electron chi connectivity index (χ4n) is 3.79. The summed E-state index contributed by atoms with van der Waals surface area (Å²) < 4.78 is 0. The van der Waals surface area contributed by atoms with Gasteiger partial charge >= 0.3 is 0 Å². The minimum absolute atomic E-state index is 0.193. The molecular weight excluding hydrogens is 274 g/mol. The highest BCUT2D eigenvalue weighted by Crippen LogP contribution is 2.36. The van der Waals surface area contributed by atoms with Gasteiger partial charge < -0.3 is 20.2 Å². The number of aliphatic hydroxyl groups is 1. The molecule has 1 unspecified atom stereocenters. The summed E-state index contributed by atoms with van der Waals surface area (Å²) >= 11 is 0. The summed E-state index contributed by atoms with van der Waals surface area (Å²) in [6.45, 7) is 7.06. The molecule has 1 aromatic rings. The molecule has 1 fully saturated rings. The molecule has 1 atom stereocenters. The Morgan fingerprint density at radius 2 is 1.95 bits per heavy atom. The van der Waals surface area contributed by atoms with E-state index in [-0.39, 0.29) is 12.1 Å². The first kappa shape index (κ1) is 15.9. The van der Waals surface area contributed by atoms with Crippen molar-refractivity contribution in [2.75, 3.05) is 52.9 Å². The number of aryl methyl sites for hydroxylation is 1. The van der Waals surface area contributed by atoms with Gasteiger partial charge in [-0.15, -0.1) is 0 Å². The normalized spacial score (nSPS) is 26.3. The SMILES string of the molecule is CN1CCN(CCCNC2(CO)CCc3ccccc32)CC1. The molecule has 4 heteroatoms. The lowest BCUT2D eigenvalue weighted by atomic mass is 9.92. The number of hydrogen-bond donors (Lipinski definition) is 2. The number of rotatable bonds is 6. The molecule has 1 heterocycles. The Hall–Kier alpha value is -0.940. The number of benzene rings is 1. The van der Waals surface area contributed by atoms with E-state index in [1.54, 1.807) is 0 Å². The molecule has 0 spiro atoms. The van der Waals surface area contributed by atoms with Crippen molar-refractivity contribution in [3.05, 3.63) is 35.4 Å². The molecule has 1 aliphatic carbocycles. The second kappa shape index (κ2) is 7.09. The zero-order valence-corrected chi connectivity index (χ0v) is 13.7. The first-order valence-corrected chi connectivity index (χ1v) is 8.59. The molecule has 3 rings (SSSR count). The molecule has 0 radical (unpaired) electrons. The molecular formula is C18H29N3O. The third-order valence-corrected chi connectivity index (χ3v) is 5.33. The fraction of sp³-hybridized carbons (Fsp3) is 0.667. The summed E-state index contributed by atoms with van der Waals surface area (Å²) in [6.07, 6.45) is 3.23. The zero-order chi connectivity index (χ0) is 15.4. The van der Waals surface area contributed by atoms with Crippen LogP contribution < -0.4 is 5.32 Å². The van der Waals surface area contributed by atoms with E-state index in [0.29, 0.717) is 0 Å². The molecule has 2 N–H and O–H groups in total. The van der Waals surface area contributed by atoms with Crippen molar-refractivity contribution < 1.29 is 5.11 Å². The molecule has 0 saturated carbocycles. The lowest BCUT2D eigenvalue weighted by molar-refractivity contribution is 0.142. The monoisotopic (exact) mass is 303 g/mol. The van der Waals surface area contributed by atoms with E-state index in [1.165, 1.54) is 37.3 Å². The van der Waals surface area contributed by atoms with Gasteiger partial charge in [-0.25, -0.2) is 0 Å². The average molecular weight is 303 g/mol. The zero-order valence-electron chi connectivity index (χ0n) is 13.7. The van der Waals surface area contributed by atoms with E-state index in [9.17, 15) is 5.11 Å². The van der Waals surface area contributed by atoms with Gasteiger partial charge in [0.25, 0.3) is 0 Å². The number of likely N-dealkylation sites (N-methyl/N-ethyl adjacent to an activating group) is 1. The van der Waals surface area contributed by atoms with Gasteiger partial charge in [0.15, 0.2) is 0 Å². The molecule has 2 aliphatic rings. The maximum absolute atomic E-state index is 9.96. The summed E-state index contributed by atoms with van der Waals surface area (Å²) in [4.78, 5) is 4.95. The van der Waals surface area contributed by atoms with Crippen LogP contribution in [0.5, 0.6) is 0 Å². The molecule has 4 nitrogen and oxygen atoms in total. The summed E-state index contributed by atoms with van der Waals surface area (Å²) in [5, 5.41) is 13.6. The van der Waals surface area contributed by atoms with Gasteiger partial charge in [0.05, 0.1) is 12.1 Å². The van der Waals surface area contributed by atoms with Gasteiger partial charge in [-0.05, 0) is 50.5 Å². The Morgan fingerprint density at radius 3 is 2.73 bits per heavy atom. The van der Waals surface area contributed by atoms with E-state index in [0.717, 1.165) is 32.4 Å². The number of aliphatic hydroxyl groups excluding tert-OH is 1. The van der Waals surface area contributed by atoms with Crippen LogP contribution in [0.15, 0.2) is 24.3 Å². The Labute approximate surface area is 134 Å². The third-order valence-electron chi connectivity index (χ3n) is 5.33. The van der Waals surface area contributed by atoms with Gasteiger partial charge in [-0.1, -0.05) is 24.3 Å². The maximum Gasteiger partial charge on any atom is 0.0674 e. The van der Waals surface area contributed by atoms with Crippen LogP contribution in [0.1, 0.15) is 24.0 Å². The number of nitrogens with one attached hydrogen (secondary N) is 1. The summed E-state index contributed by atoms with van der Waals surface area (Å²) in [5.74, 6) is 0. The van der Waals surface area contributed by atoms with Crippen molar-refractivity contribution in [1.82, 2.24) is 15.1 Å². The van der Waals surface area contributed by atoms with Crippen molar-refractivity contribution >= 4 is 0 Å². The van der Waals surface area contributed by atoms with Crippen LogP contribution in [0.4, 0.5) is 0 Å². The summed E-state index contributed by atoms with van der Waals surface area (Å²) in [5.41, 5.74) is 2.49. The van der Waals surface area contributed by atoms with Gasteiger partial charge in [0.1, 0.15) is 0 Å². The van der Waals surface area contributed by atoms with Crippen LogP contribution in [-0.2, 0) is 12.0 Å². The van der Waals surface area contributed by atoms with Crippen LogP contribution in [0.3, 0.4) is 0 Å². The standard InChI is InChI=1S/C18H29N3O/c1-20-11-13-21(14-12-20)10-4-9-19-18(15-22)8-7-16-5-2-3-6-17(16)18/h2-3,5-6,19,22H,4,7-15H2,1H3. The highest BCUT2D eigenvalue weighted by molar-refractivity contribution is 5.38. The van der Waals surface area contributed by atoms with Gasteiger partial charge in [0.2, 0.25) is 0 Å². The molecule has 0 amide bonds. The van der Waals surface area contributed by atoms with Crippen molar-refractivity contribution in [2.24, 2.45) is 0 Å². The molecule has 1 aromatic carbocycles. The number of piperazine rings is 1. The first-order chi connectivity index (χ1) is 10.7. The summed E-state index contributed by atoms with van der Waals surface area (Å²) in [6, 6.07) is 8.55. The van der Waals surface area contributed by atoms with Crippen LogP contribution in [0, 0.1) is 0 Å². The van der Waals surface area contributed by atoms with Gasteiger partial charge in [0, 0.05) is 26.2 Å². The Bertz CT molecular complexity index is 485. The van der Waals surface area contributed by atoms with Crippen LogP contribution in [0.25, 0.3) is 0 Å². The topological polar surface area (TPSA) is 38.7 Å². The Morgan fingerprint density at radius 1 is 1.18 bits per heavy atom. The minimum Gasteiger partial charge on any atom is -0.394 e. The van der Waals surface area contributed by atoms with E-state index < -0.39 is 0 Å². The molecule has 1 aliphatic heterocycles. The van der Waals surface area contributed by atoms with Crippen molar-refractivity contribution in [3.63, 3.8) is 0 Å². The highest BCUT2D eigenvalue weighted by Gasteiger charge is 2.37. The lowest BCUT2D eigenvalue weighted by Gasteiger charge is -2.33. The molecule has 22 heavy (non-hydrogen) atoms. The second-order valence-corrected chi connectivity index (χ2v) is 6.82. The number of fused-ring (bicyclic) bond motifs is 1. The predicted molar refractivity (Wildman–Crippen MR) is 90.1 cm³/mol. The average Bonchev–Trinajstić information content (AvgIpc) is 2.93. The molecule has 122 valence electrons. The quantitative estimate of drug-likeness (QED) is 0.771. The van der Waals surface area contributed by atoms with E-state index in [4.69, 9.17) is 0 Å². The summed E-state index contributed by atoms with van der Waals surface area (Å²) in [7, 11) is 2.20. The number of hydrogen-bond acceptors (Lipinski definition) is 4. The third kappa shape index (κ3) is 3.35. The number of nitrogens with zero attached hydrogens (tertiary/aromatic N) is 2. The van der Waals surface area contributed by atoms with Gasteiger partial charge in [-0.3, -0.25) is 0 Å². The first-order valence-electron chi connectivity index (χ1n) is 8.59. The van der Waals surface area contributed by atoms with E-state index in [2.05, 4.69) is 46.4 Å². The smallest absolute Gasteiger partial charge is 0.0674 e. The van der Waals surface area contributed by atoms with Crippen molar-refractivity contribution in [1.29, 1.82) is 0 Å². The molecule has 0 bridgehead atoms. The van der Waals surface area contributed by atoms with Crippen molar-refractivity contribution in [2.45, 2.75) is 24.8 Å². The highest BCUT2D eigenvalue weighted by atomic mass is 16.3. The van der Waals surface area contributed by atoms with E-state index >= 15 is 0 Å². The van der Waals surface area contributed by atoms with Crippen LogP contribution >= 0.6 is 0 Å². The Balaban J connectivity index is 1.48. The molecule has 0 aromatic heterocycles. The maximum atomic E-state index is 9.96. The van der Waals surface area contributed by atoms with Crippen molar-refractivity contribution in [3.8, 4) is 0 Å². The fourth-order valence-corrected chi connectivity index (χ4v) is 3.79. The minimum atomic E-state index is -0.210. The Kier molecular flexibility index (Phi) is 5.14. The molecule has 1 saturated heterocycles. The van der Waals surface area contributed by atoms with E-state index in [1.807, 2.05) is 0 Å². The van der Waals surface area contributed by atoms with Crippen LogP contribution in [-0.4, -0.2) is 67.8 Å². The second-order valence-electron chi connectivity index (χ2n) is 6.82. The largest absolute Gasteiger partial charge is 0.394 e. The predicted octanol–water partition coefficient (Wildman–Crippen LogP) is 1.05. The van der Waals surface area contributed by atoms with Crippen LogP contribution in [0.2, 0.25) is 0 Å². The van der Waals surface area contributed by atoms with Gasteiger partial charge in [-0.2, -0.15) is 0 Å².